The van der Waals surface area contributed by atoms with Crippen LogP contribution in [0.1, 0.15) is 57.4 Å². The molecular weight excluding hydrogens is 316 g/mol. The summed E-state index contributed by atoms with van der Waals surface area (Å²) in [5.41, 5.74) is -0.898. The van der Waals surface area contributed by atoms with Crippen LogP contribution in [0.2, 0.25) is 0 Å². The van der Waals surface area contributed by atoms with Gasteiger partial charge in [0.05, 0.1) is 22.3 Å². The number of cyclic esters (lactones) is 2. The van der Waals surface area contributed by atoms with E-state index < -0.39 is 29.7 Å². The minimum atomic E-state index is -1.10. The third-order valence-electron chi connectivity index (χ3n) is 3.81. The zero-order valence-electron chi connectivity index (χ0n) is 11.8. The fourth-order valence-electron chi connectivity index (χ4n) is 2.62. The quantitative estimate of drug-likeness (QED) is 0.535. The Kier molecular flexibility index (Phi) is 2.74. The molecule has 0 unspecified atom stereocenters. The number of hydrogen-bond acceptors (Lipinski definition) is 7. The van der Waals surface area contributed by atoms with Gasteiger partial charge in [0.15, 0.2) is 5.78 Å². The lowest BCUT2D eigenvalue weighted by Crippen LogP contribution is -2.25. The normalized spacial score (nSPS) is 15.8. The van der Waals surface area contributed by atoms with Gasteiger partial charge in [-0.25, -0.2) is 19.2 Å². The number of fused-ring (bicyclic) bond motifs is 4. The Hall–Kier alpha value is -3.61. The number of esters is 4. The van der Waals surface area contributed by atoms with Gasteiger partial charge < -0.3 is 9.47 Å². The van der Waals surface area contributed by atoms with Gasteiger partial charge in [-0.3, -0.25) is 4.79 Å². The first-order valence-electron chi connectivity index (χ1n) is 6.81. The highest BCUT2D eigenvalue weighted by Gasteiger charge is 2.32. The first-order valence-corrected chi connectivity index (χ1v) is 6.81. The van der Waals surface area contributed by atoms with Crippen LogP contribution in [0.3, 0.4) is 0 Å². The zero-order valence-corrected chi connectivity index (χ0v) is 11.8. The van der Waals surface area contributed by atoms with E-state index in [-0.39, 0.29) is 33.4 Å². The van der Waals surface area contributed by atoms with Crippen LogP contribution in [-0.4, -0.2) is 29.7 Å². The van der Waals surface area contributed by atoms with Crippen LogP contribution in [0.5, 0.6) is 0 Å². The standard InChI is InChI=1S/C17H6O7/c18-13-7-1-3-9-11(5-7)16(21)24-17(22)12-6-8(13)2-4-10(12)15(20)23-14(9)19/h1-6H. The Morgan fingerprint density at radius 3 is 1.29 bits per heavy atom. The molecule has 0 fully saturated rings. The lowest BCUT2D eigenvalue weighted by atomic mass is 9.94. The van der Waals surface area contributed by atoms with Gasteiger partial charge in [0.25, 0.3) is 0 Å². The van der Waals surface area contributed by atoms with Crippen molar-refractivity contribution in [2.75, 3.05) is 0 Å². The van der Waals surface area contributed by atoms with Gasteiger partial charge in [-0.1, -0.05) is 12.1 Å². The minimum Gasteiger partial charge on any atom is -0.386 e. The Balaban J connectivity index is 2.16. The highest BCUT2D eigenvalue weighted by molar-refractivity contribution is 6.19. The maximum Gasteiger partial charge on any atom is 0.346 e. The van der Waals surface area contributed by atoms with Gasteiger partial charge in [-0.05, 0) is 24.3 Å². The molecule has 116 valence electrons. The molecule has 2 aliphatic rings. The number of carbonyl (C=O) groups excluding carboxylic acids is 5. The van der Waals surface area contributed by atoms with E-state index in [4.69, 9.17) is 9.47 Å². The second-order valence-corrected chi connectivity index (χ2v) is 5.20. The molecule has 2 aromatic carbocycles. The summed E-state index contributed by atoms with van der Waals surface area (Å²) in [7, 11) is 0. The maximum atomic E-state index is 12.5. The van der Waals surface area contributed by atoms with E-state index in [9.17, 15) is 24.0 Å². The van der Waals surface area contributed by atoms with Gasteiger partial charge in [0.2, 0.25) is 0 Å². The lowest BCUT2D eigenvalue weighted by Gasteiger charge is -2.16. The predicted octanol–water partition coefficient (Wildman–Crippen LogP) is 1.54. The highest BCUT2D eigenvalue weighted by atomic mass is 16.6. The Morgan fingerprint density at radius 2 is 0.875 bits per heavy atom. The van der Waals surface area contributed by atoms with E-state index >= 15 is 0 Å². The summed E-state index contributed by atoms with van der Waals surface area (Å²) in [6.45, 7) is 0. The molecule has 2 aliphatic heterocycles. The van der Waals surface area contributed by atoms with Crippen LogP contribution in [0.25, 0.3) is 0 Å². The zero-order chi connectivity index (χ0) is 17.0. The predicted molar refractivity (Wildman–Crippen MR) is 75.8 cm³/mol. The molecular formula is C17H6O7. The molecule has 7 heteroatoms. The lowest BCUT2D eigenvalue weighted by molar-refractivity contribution is 0.0333. The SMILES string of the molecule is O=C1c2ccc3c(c2)C(=O)OC(=O)c2cc1ccc2C(=O)OC3=O. The van der Waals surface area contributed by atoms with Crippen LogP contribution < -0.4 is 0 Å². The summed E-state index contributed by atoms with van der Waals surface area (Å²) >= 11 is 0. The van der Waals surface area contributed by atoms with Crippen molar-refractivity contribution in [2.24, 2.45) is 0 Å². The summed E-state index contributed by atoms with van der Waals surface area (Å²) in [6, 6.07) is 7.30. The Morgan fingerprint density at radius 1 is 0.500 bits per heavy atom. The molecule has 0 aromatic heterocycles. The number of carbonyl (C=O) groups is 5. The van der Waals surface area contributed by atoms with Crippen molar-refractivity contribution in [3.8, 4) is 0 Å². The molecule has 2 heterocycles. The van der Waals surface area contributed by atoms with E-state index in [1.54, 1.807) is 0 Å². The Labute approximate surface area is 133 Å². The van der Waals surface area contributed by atoms with Crippen molar-refractivity contribution in [2.45, 2.75) is 0 Å². The first kappa shape index (κ1) is 14.0. The van der Waals surface area contributed by atoms with E-state index in [0.717, 1.165) is 12.1 Å². The van der Waals surface area contributed by atoms with Crippen LogP contribution in [0, 0.1) is 0 Å². The number of benzene rings is 2. The van der Waals surface area contributed by atoms with Crippen molar-refractivity contribution >= 4 is 29.7 Å². The summed E-state index contributed by atoms with van der Waals surface area (Å²) in [5.74, 6) is -4.81. The first-order chi connectivity index (χ1) is 11.5. The second kappa shape index (κ2) is 4.69. The molecule has 2 aromatic rings. The van der Waals surface area contributed by atoms with Crippen molar-refractivity contribution in [1.29, 1.82) is 0 Å². The molecule has 4 bridgehead atoms. The fraction of sp³-hybridized carbons (Fsp3) is 0. The number of ether oxygens (including phenoxy) is 2. The number of rotatable bonds is 0. The fourth-order valence-corrected chi connectivity index (χ4v) is 2.62. The van der Waals surface area contributed by atoms with E-state index in [0.29, 0.717) is 0 Å². The van der Waals surface area contributed by atoms with Crippen LogP contribution in [0.15, 0.2) is 36.4 Å². The average molecular weight is 322 g/mol. The van der Waals surface area contributed by atoms with E-state index in [2.05, 4.69) is 0 Å². The molecule has 4 rings (SSSR count). The van der Waals surface area contributed by atoms with Gasteiger partial charge in [-0.2, -0.15) is 0 Å². The topological polar surface area (TPSA) is 104 Å². The minimum absolute atomic E-state index is 0.137. The molecule has 24 heavy (non-hydrogen) atoms. The summed E-state index contributed by atoms with van der Waals surface area (Å²) in [4.78, 5) is 61.3. The molecule has 0 spiro atoms. The molecule has 7 nitrogen and oxygen atoms in total. The highest BCUT2D eigenvalue weighted by Crippen LogP contribution is 2.25. The smallest absolute Gasteiger partial charge is 0.346 e. The molecule has 0 N–H and O–H groups in total. The van der Waals surface area contributed by atoms with Crippen LogP contribution >= 0.6 is 0 Å². The Bertz CT molecular complexity index is 922. The average Bonchev–Trinajstić information content (AvgIpc) is 2.58. The molecule has 0 atom stereocenters. The number of ketones is 1. The van der Waals surface area contributed by atoms with Crippen molar-refractivity contribution in [1.82, 2.24) is 0 Å². The monoisotopic (exact) mass is 322 g/mol. The third kappa shape index (κ3) is 1.88. The number of hydrogen-bond donors (Lipinski definition) is 0. The summed E-state index contributed by atoms with van der Waals surface area (Å²) in [6.07, 6.45) is 0. The summed E-state index contributed by atoms with van der Waals surface area (Å²) in [5, 5.41) is 0. The molecule has 0 radical (unpaired) electrons. The van der Waals surface area contributed by atoms with Gasteiger partial charge in [-0.15, -0.1) is 0 Å². The summed E-state index contributed by atoms with van der Waals surface area (Å²) < 4.78 is 9.48. The van der Waals surface area contributed by atoms with E-state index in [1.807, 2.05) is 0 Å². The molecule has 0 amide bonds. The van der Waals surface area contributed by atoms with Gasteiger partial charge >= 0.3 is 23.9 Å². The van der Waals surface area contributed by atoms with Crippen LogP contribution in [0.4, 0.5) is 0 Å². The van der Waals surface area contributed by atoms with E-state index in [1.165, 1.54) is 24.3 Å². The van der Waals surface area contributed by atoms with Crippen molar-refractivity contribution in [3.05, 3.63) is 69.8 Å². The second-order valence-electron chi connectivity index (χ2n) is 5.20. The maximum absolute atomic E-state index is 12.5. The van der Waals surface area contributed by atoms with Crippen molar-refractivity contribution in [3.63, 3.8) is 0 Å². The largest absolute Gasteiger partial charge is 0.386 e. The van der Waals surface area contributed by atoms with Crippen molar-refractivity contribution < 1.29 is 33.4 Å². The third-order valence-corrected chi connectivity index (χ3v) is 3.81. The van der Waals surface area contributed by atoms with Gasteiger partial charge in [0.1, 0.15) is 0 Å². The molecule has 0 aliphatic carbocycles. The molecule has 0 saturated heterocycles. The van der Waals surface area contributed by atoms with Gasteiger partial charge in [0, 0.05) is 11.1 Å². The molecule has 0 saturated carbocycles. The van der Waals surface area contributed by atoms with Crippen LogP contribution in [-0.2, 0) is 9.47 Å².